The van der Waals surface area contributed by atoms with Crippen molar-refractivity contribution < 1.29 is 36.7 Å². The molecule has 0 aliphatic heterocycles. The van der Waals surface area contributed by atoms with Crippen LogP contribution in [0.4, 0.5) is 23.2 Å². The molecule has 0 aliphatic carbocycles. The second kappa shape index (κ2) is 20.4. The first kappa shape index (κ1) is 42.8. The van der Waals surface area contributed by atoms with Crippen molar-refractivity contribution in [2.24, 2.45) is 5.73 Å². The van der Waals surface area contributed by atoms with Gasteiger partial charge in [0.25, 0.3) is 11.8 Å². The Morgan fingerprint density at radius 3 is 2.17 bits per heavy atom. The third-order valence-corrected chi connectivity index (χ3v) is 8.06. The maximum atomic E-state index is 14.5. The first-order valence-corrected chi connectivity index (χ1v) is 16.0. The van der Waals surface area contributed by atoms with E-state index in [1.54, 1.807) is 61.3 Å². The molecule has 4 aromatic carbocycles. The number of halogens is 4. The van der Waals surface area contributed by atoms with Crippen molar-refractivity contribution >= 4 is 30.2 Å². The fraction of sp³-hybridized carbons (Fsp3) is 0.282. The van der Waals surface area contributed by atoms with Crippen molar-refractivity contribution in [3.05, 3.63) is 136 Å². The van der Waals surface area contributed by atoms with Crippen LogP contribution in [0.1, 0.15) is 62.0 Å². The quantitative estimate of drug-likeness (QED) is 0.0961. The number of benzene rings is 4. The highest BCUT2D eigenvalue weighted by atomic mass is 19.4. The summed E-state index contributed by atoms with van der Waals surface area (Å²) in [5.41, 5.74) is 6.13. The molecule has 0 bridgehead atoms. The first-order chi connectivity index (χ1) is 24.5. The van der Waals surface area contributed by atoms with Crippen molar-refractivity contribution in [3.8, 4) is 0 Å². The largest absolute Gasteiger partial charge is 0.419 e. The van der Waals surface area contributed by atoms with Gasteiger partial charge in [-0.2, -0.15) is 13.2 Å². The minimum Gasteiger partial charge on any atom is -0.334 e. The van der Waals surface area contributed by atoms with E-state index < -0.39 is 35.1 Å². The van der Waals surface area contributed by atoms with E-state index in [2.05, 4.69) is 16.4 Å². The average molecular weight is 724 g/mol. The van der Waals surface area contributed by atoms with Gasteiger partial charge in [0.2, 0.25) is 6.41 Å². The molecule has 1 unspecified atom stereocenters. The number of carbonyl (C=O) groups excluding carboxylic acids is 4. The number of aldehydes is 1. The van der Waals surface area contributed by atoms with Gasteiger partial charge in [-0.3, -0.25) is 14.4 Å². The van der Waals surface area contributed by atoms with Crippen LogP contribution in [-0.2, 0) is 28.7 Å². The van der Waals surface area contributed by atoms with E-state index in [-0.39, 0.29) is 32.1 Å². The van der Waals surface area contributed by atoms with Crippen molar-refractivity contribution in [2.75, 3.05) is 39.0 Å². The molecule has 0 heterocycles. The number of hydrogen-bond donors (Lipinski definition) is 3. The Balaban J connectivity index is 0.00000307. The van der Waals surface area contributed by atoms with Gasteiger partial charge in [-0.05, 0) is 86.1 Å². The summed E-state index contributed by atoms with van der Waals surface area (Å²) < 4.78 is 54.0. The van der Waals surface area contributed by atoms with Crippen LogP contribution >= 0.6 is 0 Å². The molecule has 1 atom stereocenters. The van der Waals surface area contributed by atoms with Crippen molar-refractivity contribution in [3.63, 3.8) is 0 Å². The fourth-order valence-corrected chi connectivity index (χ4v) is 5.42. The van der Waals surface area contributed by atoms with E-state index in [4.69, 9.17) is 0 Å². The molecule has 13 heteroatoms. The summed E-state index contributed by atoms with van der Waals surface area (Å²) in [6, 6.07) is 23.3. The topological polar surface area (TPSA) is 125 Å². The van der Waals surface area contributed by atoms with Gasteiger partial charge in [0, 0.05) is 30.9 Å². The van der Waals surface area contributed by atoms with Crippen LogP contribution in [0.5, 0.6) is 0 Å². The lowest BCUT2D eigenvalue weighted by Crippen LogP contribution is -2.37. The molecule has 0 radical (unpaired) electrons. The minimum atomic E-state index is -4.95. The smallest absolute Gasteiger partial charge is 0.334 e. The Labute approximate surface area is 301 Å². The number of aryl methyl sites for hydroxylation is 1. The van der Waals surface area contributed by atoms with Gasteiger partial charge >= 0.3 is 6.18 Å². The van der Waals surface area contributed by atoms with Crippen LogP contribution in [-0.4, -0.2) is 68.0 Å². The van der Waals surface area contributed by atoms with Gasteiger partial charge in [0.15, 0.2) is 0 Å². The Bertz CT molecular complexity index is 1770. The lowest BCUT2D eigenvalue weighted by molar-refractivity contribution is -0.140. The van der Waals surface area contributed by atoms with Gasteiger partial charge in [-0.25, -0.2) is 4.39 Å². The molecule has 52 heavy (non-hydrogen) atoms. The summed E-state index contributed by atoms with van der Waals surface area (Å²) in [7, 11) is 3.26. The van der Waals surface area contributed by atoms with Gasteiger partial charge in [-0.15, -0.1) is 0 Å². The molecule has 4 N–H and O–H groups in total. The van der Waals surface area contributed by atoms with Crippen molar-refractivity contribution in [1.29, 1.82) is 0 Å². The molecule has 0 aliphatic rings. The van der Waals surface area contributed by atoms with Gasteiger partial charge in [0.05, 0.1) is 23.7 Å². The second-order valence-electron chi connectivity index (χ2n) is 11.4. The zero-order valence-electron chi connectivity index (χ0n) is 28.5. The highest BCUT2D eigenvalue weighted by Crippen LogP contribution is 2.33. The number of nitrogens with zero attached hydrogens (tertiary/aromatic N) is 2. The molecular formula is C39H45F4N5O4. The summed E-state index contributed by atoms with van der Waals surface area (Å²) in [5, 5.41) is 5.43. The summed E-state index contributed by atoms with van der Waals surface area (Å²) >= 11 is 0. The lowest BCUT2D eigenvalue weighted by Gasteiger charge is -2.30. The maximum absolute atomic E-state index is 14.5. The van der Waals surface area contributed by atoms with Gasteiger partial charge in [0.1, 0.15) is 12.1 Å². The highest BCUT2D eigenvalue weighted by Gasteiger charge is 2.35. The summed E-state index contributed by atoms with van der Waals surface area (Å²) in [5.74, 6) is -2.95. The Morgan fingerprint density at radius 1 is 0.923 bits per heavy atom. The Kier molecular flexibility index (Phi) is 16.8. The number of rotatable bonds is 15. The number of nitrogens with two attached hydrogens (primary N) is 1. The summed E-state index contributed by atoms with van der Waals surface area (Å²) in [6.45, 7) is 2.90. The van der Waals surface area contributed by atoms with E-state index >= 15 is 0 Å². The predicted octanol–water partition coefficient (Wildman–Crippen LogP) is 6.42. The first-order valence-electron chi connectivity index (χ1n) is 16.0. The molecule has 0 spiro atoms. The van der Waals surface area contributed by atoms with Crippen LogP contribution in [0.2, 0.25) is 0 Å². The summed E-state index contributed by atoms with van der Waals surface area (Å²) in [4.78, 5) is 52.4. The van der Waals surface area contributed by atoms with E-state index in [1.807, 2.05) is 30.3 Å². The molecule has 0 fully saturated rings. The van der Waals surface area contributed by atoms with Crippen LogP contribution in [0, 0.1) is 12.7 Å². The van der Waals surface area contributed by atoms with Crippen molar-refractivity contribution in [2.45, 2.75) is 39.5 Å². The molecule has 278 valence electrons. The Morgan fingerprint density at radius 2 is 1.60 bits per heavy atom. The molecule has 9 nitrogen and oxygen atoms in total. The number of anilines is 1. The van der Waals surface area contributed by atoms with Crippen LogP contribution in [0.25, 0.3) is 0 Å². The van der Waals surface area contributed by atoms with Gasteiger partial charge < -0.3 is 31.0 Å². The SMILES string of the molecule is C.CN.CNCCN(CC=O)C(=O)c1ccc(CN(C=O)C(Cc2ccc(NC(=O)c3cccc(C(F)(F)F)c3F)cc2C)c2ccccc2)cc1. The molecule has 4 aromatic rings. The number of hydrogen-bond acceptors (Lipinski definition) is 6. The molecule has 4 rings (SSSR count). The summed E-state index contributed by atoms with van der Waals surface area (Å²) in [6.07, 6.45) is -3.13. The highest BCUT2D eigenvalue weighted by molar-refractivity contribution is 6.04. The number of likely N-dealkylation sites (N-methyl/N-ethyl adjacent to an activating group) is 1. The molecule has 0 aromatic heterocycles. The van der Waals surface area contributed by atoms with E-state index in [0.29, 0.717) is 37.4 Å². The van der Waals surface area contributed by atoms with Gasteiger partial charge in [-0.1, -0.05) is 62.0 Å². The average Bonchev–Trinajstić information content (AvgIpc) is 3.13. The molecule has 3 amide bonds. The zero-order valence-corrected chi connectivity index (χ0v) is 28.5. The normalized spacial score (nSPS) is 11.2. The number of carbonyl (C=O) groups is 4. The maximum Gasteiger partial charge on any atom is 0.419 e. The molecule has 0 saturated heterocycles. The number of nitrogens with one attached hydrogen (secondary N) is 2. The predicted molar refractivity (Wildman–Crippen MR) is 194 cm³/mol. The van der Waals surface area contributed by atoms with Crippen molar-refractivity contribution in [1.82, 2.24) is 15.1 Å². The minimum absolute atomic E-state index is 0. The second-order valence-corrected chi connectivity index (χ2v) is 11.4. The fourth-order valence-electron chi connectivity index (χ4n) is 5.42. The number of alkyl halides is 3. The van der Waals surface area contributed by atoms with E-state index in [1.165, 1.54) is 11.9 Å². The van der Waals surface area contributed by atoms with Crippen LogP contribution < -0.4 is 16.4 Å². The Hall–Kier alpha value is -5.40. The lowest BCUT2D eigenvalue weighted by atomic mass is 9.94. The van der Waals surface area contributed by atoms with Crippen LogP contribution in [0.15, 0.2) is 91.0 Å². The van der Waals surface area contributed by atoms with E-state index in [0.717, 1.165) is 40.8 Å². The number of amides is 3. The third-order valence-electron chi connectivity index (χ3n) is 8.06. The molecular weight excluding hydrogens is 678 g/mol. The standard InChI is InChI=1S/C37H36F4N4O4.CH5N.CH4/c1-25-21-30(43-35(48)31-9-6-10-32(34(31)38)37(39,40)41)16-15-29(25)22-33(27-7-4-3-5-8-27)45(24-47)23-26-11-13-28(14-12-26)36(49)44(19-20-46)18-17-42-2;1-2;/h3-16,20-21,24,33,42H,17-19,22-23H2,1-2H3,(H,43,48);2H2,1H3;1H4. The molecule has 0 saturated carbocycles. The zero-order chi connectivity index (χ0) is 37.6. The van der Waals surface area contributed by atoms with E-state index in [9.17, 15) is 36.7 Å². The third kappa shape index (κ3) is 11.3. The monoisotopic (exact) mass is 723 g/mol. The van der Waals surface area contributed by atoms with Crippen LogP contribution in [0.3, 0.4) is 0 Å².